The molecular weight excluding hydrogens is 234 g/mol. The lowest BCUT2D eigenvalue weighted by atomic mass is 9.94. The van der Waals surface area contributed by atoms with Gasteiger partial charge in [-0.2, -0.15) is 0 Å². The fourth-order valence-corrected chi connectivity index (χ4v) is 2.80. The number of nitrogens with zero attached hydrogens (tertiary/aromatic N) is 3. The zero-order valence-electron chi connectivity index (χ0n) is 11.1. The summed E-state index contributed by atoms with van der Waals surface area (Å²) in [5.74, 6) is 0.533. The molecule has 0 bridgehead atoms. The third-order valence-corrected chi connectivity index (χ3v) is 3.76. The van der Waals surface area contributed by atoms with Gasteiger partial charge in [0.15, 0.2) is 0 Å². The van der Waals surface area contributed by atoms with Crippen molar-refractivity contribution >= 4 is 0 Å². The van der Waals surface area contributed by atoms with Gasteiger partial charge in [0, 0.05) is 37.6 Å². The van der Waals surface area contributed by atoms with E-state index in [-0.39, 0.29) is 0 Å². The van der Waals surface area contributed by atoms with Crippen LogP contribution < -0.4 is 0 Å². The van der Waals surface area contributed by atoms with Crippen LogP contribution >= 0.6 is 0 Å². The molecule has 98 valence electrons. The Hall–Kier alpha value is -1.74. The van der Waals surface area contributed by atoms with Crippen LogP contribution in [0.5, 0.6) is 0 Å². The van der Waals surface area contributed by atoms with Gasteiger partial charge in [0.25, 0.3) is 0 Å². The van der Waals surface area contributed by atoms with Gasteiger partial charge in [-0.3, -0.25) is 14.9 Å². The fourth-order valence-electron chi connectivity index (χ4n) is 2.80. The summed E-state index contributed by atoms with van der Waals surface area (Å²) >= 11 is 0. The van der Waals surface area contributed by atoms with E-state index in [1.165, 1.54) is 24.9 Å². The van der Waals surface area contributed by atoms with Crippen molar-refractivity contribution in [3.63, 3.8) is 0 Å². The second-order valence-corrected chi connectivity index (χ2v) is 5.19. The number of benzene rings is 1. The lowest BCUT2D eigenvalue weighted by molar-refractivity contribution is 0.198. The van der Waals surface area contributed by atoms with Crippen LogP contribution in [0.4, 0.5) is 0 Å². The Balaban J connectivity index is 1.65. The summed E-state index contributed by atoms with van der Waals surface area (Å²) in [6.45, 7) is 3.32. The van der Waals surface area contributed by atoms with Gasteiger partial charge in [0.05, 0.1) is 5.69 Å². The smallest absolute Gasteiger partial charge is 0.0630 e. The minimum absolute atomic E-state index is 0.533. The van der Waals surface area contributed by atoms with E-state index in [1.54, 1.807) is 12.4 Å². The van der Waals surface area contributed by atoms with Gasteiger partial charge in [-0.1, -0.05) is 30.3 Å². The van der Waals surface area contributed by atoms with Crippen LogP contribution in [0.15, 0.2) is 48.9 Å². The topological polar surface area (TPSA) is 29.0 Å². The molecule has 0 amide bonds. The van der Waals surface area contributed by atoms with Gasteiger partial charge in [-0.25, -0.2) is 0 Å². The molecule has 19 heavy (non-hydrogen) atoms. The molecule has 1 aliphatic rings. The van der Waals surface area contributed by atoms with Crippen LogP contribution in [0, 0.1) is 0 Å². The number of aromatic nitrogens is 2. The van der Waals surface area contributed by atoms with Crippen molar-refractivity contribution in [3.05, 3.63) is 60.2 Å². The maximum absolute atomic E-state index is 4.45. The fraction of sp³-hybridized carbons (Fsp3) is 0.375. The van der Waals surface area contributed by atoms with E-state index in [9.17, 15) is 0 Å². The molecule has 3 rings (SSSR count). The lowest BCUT2D eigenvalue weighted by Crippen LogP contribution is -2.34. The highest BCUT2D eigenvalue weighted by Crippen LogP contribution is 2.25. The minimum atomic E-state index is 0.533. The summed E-state index contributed by atoms with van der Waals surface area (Å²) in [5.41, 5.74) is 2.53. The molecule has 2 aromatic rings. The van der Waals surface area contributed by atoms with E-state index in [2.05, 4.69) is 45.2 Å². The van der Waals surface area contributed by atoms with E-state index in [4.69, 9.17) is 0 Å². The Bertz CT molecular complexity index is 498. The zero-order chi connectivity index (χ0) is 12.9. The minimum Gasteiger partial charge on any atom is -0.298 e. The third kappa shape index (κ3) is 3.18. The van der Waals surface area contributed by atoms with Crippen LogP contribution in [0.25, 0.3) is 0 Å². The maximum Gasteiger partial charge on any atom is 0.0630 e. The summed E-state index contributed by atoms with van der Waals surface area (Å²) in [7, 11) is 0. The molecule has 1 aliphatic heterocycles. The molecule has 0 aliphatic carbocycles. The van der Waals surface area contributed by atoms with Crippen molar-refractivity contribution in [3.8, 4) is 0 Å². The Morgan fingerprint density at radius 3 is 2.84 bits per heavy atom. The number of likely N-dealkylation sites (tertiary alicyclic amines) is 1. The van der Waals surface area contributed by atoms with E-state index in [0.29, 0.717) is 5.92 Å². The van der Waals surface area contributed by atoms with Gasteiger partial charge >= 0.3 is 0 Å². The highest BCUT2D eigenvalue weighted by molar-refractivity contribution is 5.15. The molecular formula is C16H19N3. The molecule has 1 unspecified atom stereocenters. The highest BCUT2D eigenvalue weighted by atomic mass is 15.1. The SMILES string of the molecule is c1ccc(CN2CCCC(c3cnccn3)C2)cc1. The normalized spacial score (nSPS) is 20.3. The number of hydrogen-bond donors (Lipinski definition) is 0. The van der Waals surface area contributed by atoms with Crippen molar-refractivity contribution < 1.29 is 0 Å². The van der Waals surface area contributed by atoms with Crippen molar-refractivity contribution in [2.75, 3.05) is 13.1 Å². The second kappa shape index (κ2) is 5.93. The van der Waals surface area contributed by atoms with Gasteiger partial charge in [-0.15, -0.1) is 0 Å². The Kier molecular flexibility index (Phi) is 3.84. The molecule has 0 spiro atoms. The first kappa shape index (κ1) is 12.3. The second-order valence-electron chi connectivity index (χ2n) is 5.19. The first-order valence-corrected chi connectivity index (χ1v) is 6.94. The van der Waals surface area contributed by atoms with Crippen LogP contribution in [0.1, 0.15) is 30.0 Å². The molecule has 3 heteroatoms. The number of hydrogen-bond acceptors (Lipinski definition) is 3. The monoisotopic (exact) mass is 253 g/mol. The quantitative estimate of drug-likeness (QED) is 0.842. The van der Waals surface area contributed by atoms with E-state index >= 15 is 0 Å². The third-order valence-electron chi connectivity index (χ3n) is 3.76. The zero-order valence-corrected chi connectivity index (χ0v) is 11.1. The molecule has 1 atom stereocenters. The van der Waals surface area contributed by atoms with E-state index in [0.717, 1.165) is 18.8 Å². The first-order chi connectivity index (χ1) is 9.42. The molecule has 0 N–H and O–H groups in total. The number of rotatable bonds is 3. The molecule has 3 nitrogen and oxygen atoms in total. The summed E-state index contributed by atoms with van der Waals surface area (Å²) in [6, 6.07) is 10.7. The van der Waals surface area contributed by atoms with Gasteiger partial charge in [-0.05, 0) is 24.9 Å². The summed E-state index contributed by atoms with van der Waals surface area (Å²) in [5, 5.41) is 0. The summed E-state index contributed by atoms with van der Waals surface area (Å²) < 4.78 is 0. The number of piperidine rings is 1. The Labute approximate surface area is 114 Å². The van der Waals surface area contributed by atoms with Crippen molar-refractivity contribution in [2.45, 2.75) is 25.3 Å². The largest absolute Gasteiger partial charge is 0.298 e. The molecule has 0 saturated carbocycles. The summed E-state index contributed by atoms with van der Waals surface area (Å²) in [4.78, 5) is 11.2. The van der Waals surface area contributed by atoms with Crippen LogP contribution in [0.3, 0.4) is 0 Å². The summed E-state index contributed by atoms with van der Waals surface area (Å²) in [6.07, 6.45) is 7.92. The van der Waals surface area contributed by atoms with Crippen LogP contribution in [-0.2, 0) is 6.54 Å². The maximum atomic E-state index is 4.45. The van der Waals surface area contributed by atoms with Gasteiger partial charge in [0.2, 0.25) is 0 Å². The molecule has 2 heterocycles. The van der Waals surface area contributed by atoms with Crippen molar-refractivity contribution in [2.24, 2.45) is 0 Å². The highest BCUT2D eigenvalue weighted by Gasteiger charge is 2.22. The van der Waals surface area contributed by atoms with Crippen LogP contribution in [0.2, 0.25) is 0 Å². The molecule has 1 aromatic carbocycles. The average Bonchev–Trinajstić information content (AvgIpc) is 2.49. The van der Waals surface area contributed by atoms with Crippen molar-refractivity contribution in [1.82, 2.24) is 14.9 Å². The Morgan fingerprint density at radius 1 is 1.16 bits per heavy atom. The molecule has 1 saturated heterocycles. The molecule has 0 radical (unpaired) electrons. The average molecular weight is 253 g/mol. The standard InChI is InChI=1S/C16H19N3/c1-2-5-14(6-3-1)12-19-10-4-7-15(13-19)16-11-17-8-9-18-16/h1-3,5-6,8-9,11,15H,4,7,10,12-13H2. The molecule has 1 fully saturated rings. The predicted octanol–water partition coefficient (Wildman–Crippen LogP) is 2.86. The van der Waals surface area contributed by atoms with E-state index in [1.807, 2.05) is 6.20 Å². The Morgan fingerprint density at radius 2 is 2.05 bits per heavy atom. The van der Waals surface area contributed by atoms with E-state index < -0.39 is 0 Å². The van der Waals surface area contributed by atoms with Gasteiger partial charge in [0.1, 0.15) is 0 Å². The van der Waals surface area contributed by atoms with Crippen molar-refractivity contribution in [1.29, 1.82) is 0 Å². The van der Waals surface area contributed by atoms with Crippen LogP contribution in [-0.4, -0.2) is 28.0 Å². The van der Waals surface area contributed by atoms with Gasteiger partial charge < -0.3 is 0 Å². The lowest BCUT2D eigenvalue weighted by Gasteiger charge is -2.32. The molecule has 1 aromatic heterocycles. The first-order valence-electron chi connectivity index (χ1n) is 6.94. The predicted molar refractivity (Wildman–Crippen MR) is 75.7 cm³/mol.